The highest BCUT2D eigenvalue weighted by molar-refractivity contribution is 5.86. The summed E-state index contributed by atoms with van der Waals surface area (Å²) in [6, 6.07) is 10.0. The molecule has 3 nitrogen and oxygen atoms in total. The van der Waals surface area contributed by atoms with Gasteiger partial charge in [0.1, 0.15) is 12.4 Å². The van der Waals surface area contributed by atoms with Gasteiger partial charge >= 0.3 is 0 Å². The number of nitrogens with two attached hydrogens (primary N) is 1. The number of oxime groups is 1. The summed E-state index contributed by atoms with van der Waals surface area (Å²) < 4.78 is 0. The molecule has 0 radical (unpaired) electrons. The van der Waals surface area contributed by atoms with Gasteiger partial charge in [-0.25, -0.2) is 0 Å². The number of hydrogen-bond donors (Lipinski definition) is 1. The third-order valence-electron chi connectivity index (χ3n) is 2.04. The molecular weight excluding hydrogens is 176 g/mol. The average Bonchev–Trinajstić information content (AvgIpc) is 2.26. The predicted molar refractivity (Wildman–Crippen MR) is 58.1 cm³/mol. The van der Waals surface area contributed by atoms with Crippen molar-refractivity contribution in [3.8, 4) is 0 Å². The molecule has 14 heavy (non-hydrogen) atoms. The van der Waals surface area contributed by atoms with Crippen LogP contribution in [0.15, 0.2) is 35.5 Å². The molecular formula is C11H16N2O. The Labute approximate surface area is 84.6 Å². The summed E-state index contributed by atoms with van der Waals surface area (Å²) in [5.74, 6) is 0.612. The van der Waals surface area contributed by atoms with Crippen molar-refractivity contribution in [2.45, 2.75) is 19.8 Å². The highest BCUT2D eigenvalue weighted by atomic mass is 16.6. The van der Waals surface area contributed by atoms with Crippen LogP contribution in [0.5, 0.6) is 0 Å². The van der Waals surface area contributed by atoms with E-state index in [1.165, 1.54) is 0 Å². The Bertz CT molecular complexity index is 295. The molecule has 2 N–H and O–H groups in total. The maximum atomic E-state index is 5.76. The Balaban J connectivity index is 2.70. The van der Waals surface area contributed by atoms with Gasteiger partial charge in [0.2, 0.25) is 0 Å². The van der Waals surface area contributed by atoms with Crippen LogP contribution in [0, 0.1) is 0 Å². The van der Waals surface area contributed by atoms with E-state index < -0.39 is 0 Å². The Morgan fingerprint density at radius 3 is 2.64 bits per heavy atom. The van der Waals surface area contributed by atoms with Gasteiger partial charge in [0.05, 0.1) is 0 Å². The molecule has 0 heterocycles. The van der Waals surface area contributed by atoms with Crippen molar-refractivity contribution >= 4 is 5.84 Å². The van der Waals surface area contributed by atoms with Crippen molar-refractivity contribution < 1.29 is 4.84 Å². The summed E-state index contributed by atoms with van der Waals surface area (Å²) in [7, 11) is 0. The quantitative estimate of drug-likeness (QED) is 0.451. The number of rotatable bonds is 4. The number of hydrogen-bond acceptors (Lipinski definition) is 2. The van der Waals surface area contributed by atoms with Crippen LogP contribution in [-0.4, -0.2) is 12.4 Å². The second-order valence-corrected chi connectivity index (χ2v) is 3.07. The van der Waals surface area contributed by atoms with E-state index in [4.69, 9.17) is 10.6 Å². The fourth-order valence-corrected chi connectivity index (χ4v) is 1.13. The second kappa shape index (κ2) is 5.27. The second-order valence-electron chi connectivity index (χ2n) is 3.07. The monoisotopic (exact) mass is 192 g/mol. The van der Waals surface area contributed by atoms with Gasteiger partial charge < -0.3 is 10.6 Å². The molecule has 0 saturated carbocycles. The highest BCUT2D eigenvalue weighted by Gasteiger charge is 2.09. The van der Waals surface area contributed by atoms with Crippen LogP contribution in [0.4, 0.5) is 0 Å². The molecule has 1 aromatic rings. The molecule has 0 aliphatic carbocycles. The summed E-state index contributed by atoms with van der Waals surface area (Å²) in [6.07, 6.45) is 0. The van der Waals surface area contributed by atoms with Gasteiger partial charge in [-0.2, -0.15) is 0 Å². The predicted octanol–water partition coefficient (Wildman–Crippen LogP) is 2.10. The smallest absolute Gasteiger partial charge is 0.146 e. The minimum absolute atomic E-state index is 0.0998. The average molecular weight is 192 g/mol. The first-order chi connectivity index (χ1) is 6.75. The molecule has 1 aromatic carbocycles. The van der Waals surface area contributed by atoms with Gasteiger partial charge in [-0.1, -0.05) is 42.4 Å². The van der Waals surface area contributed by atoms with Crippen molar-refractivity contribution in [2.75, 3.05) is 6.61 Å². The summed E-state index contributed by atoms with van der Waals surface area (Å²) in [6.45, 7) is 4.43. The van der Waals surface area contributed by atoms with Crippen LogP contribution < -0.4 is 5.73 Å². The third kappa shape index (κ3) is 2.76. The van der Waals surface area contributed by atoms with E-state index in [0.29, 0.717) is 12.4 Å². The lowest BCUT2D eigenvalue weighted by Crippen LogP contribution is -2.20. The fraction of sp³-hybridized carbons (Fsp3) is 0.364. The SMILES string of the molecule is CCON=C(N)C(C)c1ccccc1. The first kappa shape index (κ1) is 10.6. The topological polar surface area (TPSA) is 47.6 Å². The molecule has 0 spiro atoms. The summed E-state index contributed by atoms with van der Waals surface area (Å²) >= 11 is 0. The van der Waals surface area contributed by atoms with Gasteiger partial charge in [-0.05, 0) is 12.5 Å². The van der Waals surface area contributed by atoms with Crippen LogP contribution in [-0.2, 0) is 4.84 Å². The Hall–Kier alpha value is -1.51. The lowest BCUT2D eigenvalue weighted by Gasteiger charge is -2.10. The van der Waals surface area contributed by atoms with Gasteiger partial charge in [0.15, 0.2) is 0 Å². The van der Waals surface area contributed by atoms with Crippen LogP contribution in [0.3, 0.4) is 0 Å². The molecule has 0 aromatic heterocycles. The maximum absolute atomic E-state index is 5.76. The first-order valence-electron chi connectivity index (χ1n) is 4.76. The molecule has 1 rings (SSSR count). The molecule has 0 bridgehead atoms. The number of nitrogens with zero attached hydrogens (tertiary/aromatic N) is 1. The number of benzene rings is 1. The normalized spacial score (nSPS) is 13.7. The van der Waals surface area contributed by atoms with Crippen molar-refractivity contribution in [3.05, 3.63) is 35.9 Å². The van der Waals surface area contributed by atoms with E-state index in [1.807, 2.05) is 44.2 Å². The standard InChI is InChI=1S/C11H16N2O/c1-3-14-13-11(12)9(2)10-7-5-4-6-8-10/h4-9H,3H2,1-2H3,(H2,12,13). The third-order valence-corrected chi connectivity index (χ3v) is 2.04. The summed E-state index contributed by atoms with van der Waals surface area (Å²) in [4.78, 5) is 4.90. The van der Waals surface area contributed by atoms with Gasteiger partial charge in [0, 0.05) is 5.92 Å². The Kier molecular flexibility index (Phi) is 3.98. The van der Waals surface area contributed by atoms with Crippen LogP contribution in [0.1, 0.15) is 25.3 Å². The minimum Gasteiger partial charge on any atom is -0.395 e. The highest BCUT2D eigenvalue weighted by Crippen LogP contribution is 2.14. The van der Waals surface area contributed by atoms with Crippen molar-refractivity contribution in [1.29, 1.82) is 0 Å². The van der Waals surface area contributed by atoms with Crippen LogP contribution in [0.2, 0.25) is 0 Å². The van der Waals surface area contributed by atoms with E-state index in [2.05, 4.69) is 5.16 Å². The zero-order chi connectivity index (χ0) is 10.4. The van der Waals surface area contributed by atoms with Crippen molar-refractivity contribution in [1.82, 2.24) is 0 Å². The van der Waals surface area contributed by atoms with Crippen LogP contribution >= 0.6 is 0 Å². The Morgan fingerprint density at radius 2 is 2.07 bits per heavy atom. The molecule has 0 saturated heterocycles. The molecule has 0 amide bonds. The van der Waals surface area contributed by atoms with E-state index in [9.17, 15) is 0 Å². The molecule has 3 heteroatoms. The zero-order valence-electron chi connectivity index (χ0n) is 8.60. The van der Waals surface area contributed by atoms with Crippen molar-refractivity contribution in [2.24, 2.45) is 10.9 Å². The largest absolute Gasteiger partial charge is 0.395 e. The lowest BCUT2D eigenvalue weighted by atomic mass is 10.0. The van der Waals surface area contributed by atoms with Crippen molar-refractivity contribution in [3.63, 3.8) is 0 Å². The molecule has 0 aliphatic heterocycles. The van der Waals surface area contributed by atoms with E-state index in [1.54, 1.807) is 0 Å². The molecule has 76 valence electrons. The van der Waals surface area contributed by atoms with Gasteiger partial charge in [0.25, 0.3) is 0 Å². The fourth-order valence-electron chi connectivity index (χ4n) is 1.13. The molecule has 1 atom stereocenters. The van der Waals surface area contributed by atoms with E-state index in [-0.39, 0.29) is 5.92 Å². The summed E-state index contributed by atoms with van der Waals surface area (Å²) in [5.41, 5.74) is 6.91. The molecule has 1 unspecified atom stereocenters. The summed E-state index contributed by atoms with van der Waals surface area (Å²) in [5, 5.41) is 3.81. The number of amidine groups is 1. The molecule has 0 aliphatic rings. The maximum Gasteiger partial charge on any atom is 0.146 e. The first-order valence-corrected chi connectivity index (χ1v) is 4.76. The van der Waals surface area contributed by atoms with Crippen LogP contribution in [0.25, 0.3) is 0 Å². The Morgan fingerprint density at radius 1 is 1.43 bits per heavy atom. The van der Waals surface area contributed by atoms with E-state index in [0.717, 1.165) is 5.56 Å². The van der Waals surface area contributed by atoms with E-state index >= 15 is 0 Å². The lowest BCUT2D eigenvalue weighted by molar-refractivity contribution is 0.157. The van der Waals surface area contributed by atoms with Gasteiger partial charge in [-0.3, -0.25) is 0 Å². The molecule has 0 fully saturated rings. The zero-order valence-corrected chi connectivity index (χ0v) is 8.60. The van der Waals surface area contributed by atoms with Gasteiger partial charge in [-0.15, -0.1) is 0 Å². The minimum atomic E-state index is 0.0998.